The molecule has 0 aliphatic heterocycles. The number of fused-ring (bicyclic) bond motifs is 1. The van der Waals surface area contributed by atoms with Crippen LogP contribution in [0.2, 0.25) is 10.0 Å². The Labute approximate surface area is 137 Å². The van der Waals surface area contributed by atoms with Gasteiger partial charge in [-0.05, 0) is 37.6 Å². The molecule has 5 heteroatoms. The fraction of sp³-hybridized carbons (Fsp3) is 0.118. The zero-order valence-electron chi connectivity index (χ0n) is 11.9. The molecule has 1 aromatic heterocycles. The maximum atomic E-state index is 12.4. The molecule has 3 rings (SSSR count). The minimum Gasteiger partial charge on any atom is -0.457 e. The Morgan fingerprint density at radius 1 is 1.05 bits per heavy atom. The molecule has 0 radical (unpaired) electrons. The molecule has 0 N–H and O–H groups in total. The lowest BCUT2D eigenvalue weighted by Crippen LogP contribution is -2.10. The molecule has 112 valence electrons. The van der Waals surface area contributed by atoms with E-state index in [1.807, 2.05) is 19.9 Å². The van der Waals surface area contributed by atoms with Crippen LogP contribution >= 0.6 is 23.2 Å². The summed E-state index contributed by atoms with van der Waals surface area (Å²) in [5.74, 6) is 0.513. The van der Waals surface area contributed by atoms with Gasteiger partial charge in [-0.2, -0.15) is 0 Å². The highest BCUT2D eigenvalue weighted by Gasteiger charge is 2.19. The number of ether oxygens (including phenoxy) is 1. The first-order chi connectivity index (χ1) is 10.5. The van der Waals surface area contributed by atoms with E-state index in [0.717, 1.165) is 16.7 Å². The first-order valence-corrected chi connectivity index (χ1v) is 7.39. The second-order valence-corrected chi connectivity index (χ2v) is 5.72. The number of benzene rings is 2. The predicted octanol–water partition coefficient (Wildman–Crippen LogP) is 5.58. The molecule has 3 aromatic rings. The molecule has 0 aliphatic rings. The van der Waals surface area contributed by atoms with Crippen LogP contribution in [0.5, 0.6) is 5.75 Å². The molecule has 0 spiro atoms. The third kappa shape index (κ3) is 2.47. The Balaban J connectivity index is 2.04. The van der Waals surface area contributed by atoms with Crippen LogP contribution in [-0.4, -0.2) is 5.97 Å². The van der Waals surface area contributed by atoms with Gasteiger partial charge in [0, 0.05) is 5.39 Å². The molecular formula is C17H12Cl2O3. The molecule has 1 heterocycles. The lowest BCUT2D eigenvalue weighted by molar-refractivity contribution is 0.0735. The number of carbonyl (C=O) groups excluding carboxylic acids is 1. The van der Waals surface area contributed by atoms with E-state index in [9.17, 15) is 4.79 Å². The van der Waals surface area contributed by atoms with Crippen LogP contribution in [-0.2, 0) is 0 Å². The molecule has 0 aliphatic carbocycles. The highest BCUT2D eigenvalue weighted by Crippen LogP contribution is 2.33. The van der Waals surface area contributed by atoms with E-state index in [2.05, 4.69) is 0 Å². The molecule has 22 heavy (non-hydrogen) atoms. The van der Waals surface area contributed by atoms with E-state index < -0.39 is 5.97 Å². The van der Waals surface area contributed by atoms with Crippen molar-refractivity contribution in [2.24, 2.45) is 0 Å². The highest BCUT2D eigenvalue weighted by molar-refractivity contribution is 6.39. The largest absolute Gasteiger partial charge is 0.457 e. The summed E-state index contributed by atoms with van der Waals surface area (Å²) in [5.41, 5.74) is 1.69. The molecule has 0 unspecified atom stereocenters. The Morgan fingerprint density at radius 2 is 1.68 bits per heavy atom. The van der Waals surface area contributed by atoms with E-state index in [1.165, 1.54) is 0 Å². The summed E-state index contributed by atoms with van der Waals surface area (Å²) >= 11 is 12.1. The van der Waals surface area contributed by atoms with Gasteiger partial charge in [0.2, 0.25) is 0 Å². The van der Waals surface area contributed by atoms with Gasteiger partial charge in [-0.1, -0.05) is 41.4 Å². The van der Waals surface area contributed by atoms with E-state index >= 15 is 0 Å². The Bertz CT molecular complexity index is 861. The second kappa shape index (κ2) is 5.67. The van der Waals surface area contributed by atoms with E-state index in [4.69, 9.17) is 32.4 Å². The van der Waals surface area contributed by atoms with Crippen LogP contribution in [0.1, 0.15) is 21.7 Å². The summed E-state index contributed by atoms with van der Waals surface area (Å²) in [7, 11) is 0. The minimum atomic E-state index is -0.616. The van der Waals surface area contributed by atoms with Gasteiger partial charge in [-0.3, -0.25) is 0 Å². The van der Waals surface area contributed by atoms with Crippen molar-refractivity contribution in [3.63, 3.8) is 0 Å². The lowest BCUT2D eigenvalue weighted by Gasteiger charge is -2.07. The smallest absolute Gasteiger partial charge is 0.346 e. The predicted molar refractivity (Wildman–Crippen MR) is 87.1 cm³/mol. The normalized spacial score (nSPS) is 10.9. The van der Waals surface area contributed by atoms with Crippen molar-refractivity contribution in [1.82, 2.24) is 0 Å². The van der Waals surface area contributed by atoms with Gasteiger partial charge in [0.25, 0.3) is 0 Å². The van der Waals surface area contributed by atoms with Crippen LogP contribution in [0.4, 0.5) is 0 Å². The van der Waals surface area contributed by atoms with Crippen LogP contribution in [0, 0.1) is 13.8 Å². The summed E-state index contributed by atoms with van der Waals surface area (Å²) in [6.07, 6.45) is 0. The van der Waals surface area contributed by atoms with Gasteiger partial charge in [-0.15, -0.1) is 0 Å². The zero-order chi connectivity index (χ0) is 15.9. The van der Waals surface area contributed by atoms with Gasteiger partial charge in [-0.25, -0.2) is 4.79 Å². The molecule has 0 saturated heterocycles. The third-order valence-electron chi connectivity index (χ3n) is 3.54. The topological polar surface area (TPSA) is 39.4 Å². The molecule has 3 nitrogen and oxygen atoms in total. The fourth-order valence-corrected chi connectivity index (χ4v) is 2.81. The molecule has 0 saturated carbocycles. The summed E-state index contributed by atoms with van der Waals surface area (Å²) in [6, 6.07) is 10.2. The monoisotopic (exact) mass is 334 g/mol. The SMILES string of the molecule is Cc1oc2c(OC(=O)c3c(Cl)cccc3Cl)cccc2c1C. The van der Waals surface area contributed by atoms with Gasteiger partial charge < -0.3 is 9.15 Å². The number of furan rings is 1. The molecule has 0 amide bonds. The molecule has 2 aromatic carbocycles. The minimum absolute atomic E-state index is 0.142. The maximum Gasteiger partial charge on any atom is 0.346 e. The lowest BCUT2D eigenvalue weighted by atomic mass is 10.1. The molecule has 0 fully saturated rings. The van der Waals surface area contributed by atoms with E-state index in [-0.39, 0.29) is 15.6 Å². The second-order valence-electron chi connectivity index (χ2n) is 4.90. The van der Waals surface area contributed by atoms with Crippen molar-refractivity contribution < 1.29 is 13.9 Å². The number of rotatable bonds is 2. The van der Waals surface area contributed by atoms with Gasteiger partial charge in [0.15, 0.2) is 11.3 Å². The molecular weight excluding hydrogens is 323 g/mol. The third-order valence-corrected chi connectivity index (χ3v) is 4.17. The van der Waals surface area contributed by atoms with E-state index in [1.54, 1.807) is 30.3 Å². The quantitative estimate of drug-likeness (QED) is 0.454. The number of aryl methyl sites for hydroxylation is 2. The van der Waals surface area contributed by atoms with Crippen LogP contribution in [0.15, 0.2) is 40.8 Å². The van der Waals surface area contributed by atoms with Gasteiger partial charge >= 0.3 is 5.97 Å². The summed E-state index contributed by atoms with van der Waals surface area (Å²) in [6.45, 7) is 3.82. The first-order valence-electron chi connectivity index (χ1n) is 6.64. The number of carbonyl (C=O) groups is 1. The molecule has 0 atom stereocenters. The average Bonchev–Trinajstić information content (AvgIpc) is 2.76. The van der Waals surface area contributed by atoms with Crippen molar-refractivity contribution in [2.45, 2.75) is 13.8 Å². The van der Waals surface area contributed by atoms with Crippen molar-refractivity contribution in [2.75, 3.05) is 0 Å². The van der Waals surface area contributed by atoms with Gasteiger partial charge in [0.1, 0.15) is 5.76 Å². The van der Waals surface area contributed by atoms with Crippen molar-refractivity contribution in [1.29, 1.82) is 0 Å². The fourth-order valence-electron chi connectivity index (χ4n) is 2.26. The Kier molecular flexibility index (Phi) is 3.85. The van der Waals surface area contributed by atoms with Crippen molar-refractivity contribution in [3.05, 3.63) is 63.3 Å². The van der Waals surface area contributed by atoms with Crippen molar-refractivity contribution in [3.8, 4) is 5.75 Å². The molecule has 0 bridgehead atoms. The standard InChI is InChI=1S/C17H12Cl2O3/c1-9-10(2)21-16-11(9)5-3-8-14(16)22-17(20)15-12(18)6-4-7-13(15)19/h3-8H,1-2H3. The highest BCUT2D eigenvalue weighted by atomic mass is 35.5. The van der Waals surface area contributed by atoms with Crippen LogP contribution in [0.3, 0.4) is 0 Å². The number of esters is 1. The number of halogens is 2. The summed E-state index contributed by atoms with van der Waals surface area (Å²) in [4.78, 5) is 12.4. The van der Waals surface area contributed by atoms with Gasteiger partial charge in [0.05, 0.1) is 15.6 Å². The van der Waals surface area contributed by atoms with Crippen LogP contribution in [0.25, 0.3) is 11.0 Å². The van der Waals surface area contributed by atoms with Crippen molar-refractivity contribution >= 4 is 40.1 Å². The summed E-state index contributed by atoms with van der Waals surface area (Å²) < 4.78 is 11.1. The Morgan fingerprint density at radius 3 is 2.36 bits per heavy atom. The number of hydrogen-bond donors (Lipinski definition) is 0. The Hall–Kier alpha value is -1.97. The number of hydrogen-bond acceptors (Lipinski definition) is 3. The number of para-hydroxylation sites is 1. The van der Waals surface area contributed by atoms with Crippen LogP contribution < -0.4 is 4.74 Å². The van der Waals surface area contributed by atoms with E-state index in [0.29, 0.717) is 11.3 Å². The average molecular weight is 335 g/mol. The first kappa shape index (κ1) is 14.9. The summed E-state index contributed by atoms with van der Waals surface area (Å²) in [5, 5.41) is 1.40. The maximum absolute atomic E-state index is 12.4. The zero-order valence-corrected chi connectivity index (χ0v) is 13.5.